The van der Waals surface area contributed by atoms with Crippen molar-refractivity contribution in [2.24, 2.45) is 5.92 Å². The Labute approximate surface area is 166 Å². The van der Waals surface area contributed by atoms with E-state index in [0.717, 1.165) is 25.9 Å². The zero-order valence-corrected chi connectivity index (χ0v) is 16.0. The Bertz CT molecular complexity index is 1010. The van der Waals surface area contributed by atoms with E-state index in [-0.39, 0.29) is 23.5 Å². The van der Waals surface area contributed by atoms with E-state index in [1.54, 1.807) is 6.07 Å². The van der Waals surface area contributed by atoms with Gasteiger partial charge >= 0.3 is 0 Å². The molecule has 0 spiro atoms. The lowest BCUT2D eigenvalue weighted by molar-refractivity contribution is -0.123. The molecule has 1 fully saturated rings. The number of nitrogens with one attached hydrogen (secondary N) is 3. The number of rotatable bonds is 3. The first-order valence-electron chi connectivity index (χ1n) is 9.66. The predicted octanol–water partition coefficient (Wildman–Crippen LogP) is 2.21. The molecule has 29 heavy (non-hydrogen) atoms. The Morgan fingerprint density at radius 2 is 1.97 bits per heavy atom. The first-order valence-corrected chi connectivity index (χ1v) is 9.66. The van der Waals surface area contributed by atoms with Crippen molar-refractivity contribution < 1.29 is 14.0 Å². The number of H-pyrrole nitrogens is 1. The lowest BCUT2D eigenvalue weighted by atomic mass is 9.92. The standard InChI is InChI=1S/C20H22FN5O3/c1-11-6-8-26(9-7-11)20-24-17-16(19(29)25-20)12(10-15(27)23-17)18(28)22-14-5-3-2-4-13(14)21/h2-5,11-12H,6-10H2,1H3,(H,22,28)(H2,23,24,25,27,29)/t12-/m0/s1. The third kappa shape index (κ3) is 3.85. The van der Waals surface area contributed by atoms with E-state index >= 15 is 0 Å². The van der Waals surface area contributed by atoms with Gasteiger partial charge in [-0.1, -0.05) is 19.1 Å². The Morgan fingerprint density at radius 1 is 1.24 bits per heavy atom. The van der Waals surface area contributed by atoms with Gasteiger partial charge in [-0.15, -0.1) is 0 Å². The number of carbonyl (C=O) groups excluding carboxylic acids is 2. The number of hydrogen-bond donors (Lipinski definition) is 3. The van der Waals surface area contributed by atoms with E-state index < -0.39 is 29.1 Å². The monoisotopic (exact) mass is 399 g/mol. The van der Waals surface area contributed by atoms with Crippen LogP contribution < -0.4 is 21.1 Å². The van der Waals surface area contributed by atoms with Gasteiger partial charge in [-0.05, 0) is 30.9 Å². The summed E-state index contributed by atoms with van der Waals surface area (Å²) in [4.78, 5) is 46.9. The van der Waals surface area contributed by atoms with Crippen LogP contribution in [0.3, 0.4) is 0 Å². The smallest absolute Gasteiger partial charge is 0.258 e. The normalized spacial score (nSPS) is 19.4. The number of nitrogens with zero attached hydrogens (tertiary/aromatic N) is 2. The molecule has 9 heteroatoms. The minimum absolute atomic E-state index is 0.00604. The summed E-state index contributed by atoms with van der Waals surface area (Å²) in [5.74, 6) is -1.60. The van der Waals surface area contributed by atoms with Crippen molar-refractivity contribution in [2.75, 3.05) is 28.6 Å². The van der Waals surface area contributed by atoms with Crippen molar-refractivity contribution in [3.05, 3.63) is 46.0 Å². The van der Waals surface area contributed by atoms with Crippen LogP contribution in [0, 0.1) is 11.7 Å². The second kappa shape index (κ2) is 7.65. The van der Waals surface area contributed by atoms with Crippen LogP contribution in [0.1, 0.15) is 37.7 Å². The fourth-order valence-electron chi connectivity index (χ4n) is 3.74. The maximum Gasteiger partial charge on any atom is 0.258 e. The van der Waals surface area contributed by atoms with Crippen molar-refractivity contribution in [3.63, 3.8) is 0 Å². The maximum absolute atomic E-state index is 13.9. The number of carbonyl (C=O) groups is 2. The third-order valence-corrected chi connectivity index (χ3v) is 5.47. The van der Waals surface area contributed by atoms with Crippen LogP contribution in [0.5, 0.6) is 0 Å². The highest BCUT2D eigenvalue weighted by Crippen LogP contribution is 2.31. The lowest BCUT2D eigenvalue weighted by Crippen LogP contribution is -2.39. The average molecular weight is 399 g/mol. The van der Waals surface area contributed by atoms with Crippen molar-refractivity contribution in [1.82, 2.24) is 9.97 Å². The quantitative estimate of drug-likeness (QED) is 0.734. The summed E-state index contributed by atoms with van der Waals surface area (Å²) in [6.07, 6.45) is 1.76. The van der Waals surface area contributed by atoms with Crippen LogP contribution in [0.4, 0.5) is 21.8 Å². The van der Waals surface area contributed by atoms with Gasteiger partial charge in [0.15, 0.2) is 0 Å². The molecule has 152 valence electrons. The first-order chi connectivity index (χ1) is 13.9. The van der Waals surface area contributed by atoms with Crippen LogP contribution in [-0.4, -0.2) is 34.9 Å². The Balaban J connectivity index is 1.64. The topological polar surface area (TPSA) is 107 Å². The predicted molar refractivity (Wildman–Crippen MR) is 106 cm³/mol. The second-order valence-corrected chi connectivity index (χ2v) is 7.60. The fourth-order valence-corrected chi connectivity index (χ4v) is 3.74. The van der Waals surface area contributed by atoms with Crippen molar-refractivity contribution in [2.45, 2.75) is 32.1 Å². The summed E-state index contributed by atoms with van der Waals surface area (Å²) in [7, 11) is 0. The zero-order valence-electron chi connectivity index (χ0n) is 16.0. The highest BCUT2D eigenvalue weighted by molar-refractivity contribution is 6.04. The summed E-state index contributed by atoms with van der Waals surface area (Å²) >= 11 is 0. The van der Waals surface area contributed by atoms with Crippen molar-refractivity contribution in [3.8, 4) is 0 Å². The summed E-state index contributed by atoms with van der Waals surface area (Å²) in [5.41, 5.74) is -0.390. The summed E-state index contributed by atoms with van der Waals surface area (Å²) in [6.45, 7) is 3.70. The zero-order chi connectivity index (χ0) is 20.5. The molecule has 8 nitrogen and oxygen atoms in total. The molecule has 1 atom stereocenters. The van der Waals surface area contributed by atoms with Crippen molar-refractivity contribution in [1.29, 1.82) is 0 Å². The molecule has 2 aliphatic heterocycles. The molecule has 2 amide bonds. The molecule has 1 aromatic heterocycles. The number of benzene rings is 1. The number of amides is 2. The van der Waals surface area contributed by atoms with Crippen LogP contribution in [0.25, 0.3) is 0 Å². The van der Waals surface area contributed by atoms with Crippen LogP contribution in [0.15, 0.2) is 29.1 Å². The fraction of sp³-hybridized carbons (Fsp3) is 0.400. The van der Waals surface area contributed by atoms with Gasteiger partial charge in [-0.3, -0.25) is 19.4 Å². The number of fused-ring (bicyclic) bond motifs is 1. The van der Waals surface area contributed by atoms with E-state index in [4.69, 9.17) is 0 Å². The van der Waals surface area contributed by atoms with Gasteiger partial charge in [0.25, 0.3) is 5.56 Å². The molecule has 0 radical (unpaired) electrons. The number of piperidine rings is 1. The Hall–Kier alpha value is -3.23. The van der Waals surface area contributed by atoms with Crippen molar-refractivity contribution >= 4 is 29.3 Å². The minimum Gasteiger partial charge on any atom is -0.342 e. The van der Waals surface area contributed by atoms with Gasteiger partial charge in [-0.2, -0.15) is 4.98 Å². The summed E-state index contributed by atoms with van der Waals surface area (Å²) < 4.78 is 13.9. The van der Waals surface area contributed by atoms with Gasteiger partial charge in [0.1, 0.15) is 11.6 Å². The molecule has 2 aromatic rings. The van der Waals surface area contributed by atoms with Gasteiger partial charge in [0, 0.05) is 19.5 Å². The number of aromatic amines is 1. The molecule has 0 aliphatic carbocycles. The first kappa shape index (κ1) is 19.1. The van der Waals surface area contributed by atoms with Crippen LogP contribution >= 0.6 is 0 Å². The third-order valence-electron chi connectivity index (χ3n) is 5.47. The van der Waals surface area contributed by atoms with Gasteiger partial charge in [0.2, 0.25) is 17.8 Å². The Kier molecular flexibility index (Phi) is 5.04. The number of para-hydroxylation sites is 1. The molecule has 3 N–H and O–H groups in total. The number of anilines is 3. The number of aromatic nitrogens is 2. The van der Waals surface area contributed by atoms with E-state index in [1.165, 1.54) is 18.2 Å². The van der Waals surface area contributed by atoms with E-state index in [9.17, 15) is 18.8 Å². The second-order valence-electron chi connectivity index (χ2n) is 7.60. The maximum atomic E-state index is 13.9. The summed E-state index contributed by atoms with van der Waals surface area (Å²) in [6, 6.07) is 5.73. The molecule has 0 unspecified atom stereocenters. The molecule has 1 saturated heterocycles. The van der Waals surface area contributed by atoms with E-state index in [0.29, 0.717) is 11.9 Å². The molecule has 1 aromatic carbocycles. The van der Waals surface area contributed by atoms with Gasteiger partial charge < -0.3 is 15.5 Å². The average Bonchev–Trinajstić information content (AvgIpc) is 2.69. The Morgan fingerprint density at radius 3 is 2.69 bits per heavy atom. The highest BCUT2D eigenvalue weighted by Gasteiger charge is 2.35. The molecule has 4 rings (SSSR count). The number of hydrogen-bond acceptors (Lipinski definition) is 5. The van der Waals surface area contributed by atoms with Crippen LogP contribution in [0.2, 0.25) is 0 Å². The molecule has 0 bridgehead atoms. The van der Waals surface area contributed by atoms with Crippen LogP contribution in [-0.2, 0) is 9.59 Å². The van der Waals surface area contributed by atoms with E-state index in [1.807, 2.05) is 4.90 Å². The SMILES string of the molecule is CC1CCN(c2nc3c(c(=O)[nH]2)[C@@H](C(=O)Nc2ccccc2F)CC(=O)N3)CC1. The minimum atomic E-state index is -1.05. The highest BCUT2D eigenvalue weighted by atomic mass is 19.1. The molecule has 2 aliphatic rings. The molecule has 0 saturated carbocycles. The lowest BCUT2D eigenvalue weighted by Gasteiger charge is -2.31. The molecule has 3 heterocycles. The molecular weight excluding hydrogens is 377 g/mol. The van der Waals surface area contributed by atoms with Gasteiger partial charge in [0.05, 0.1) is 17.2 Å². The summed E-state index contributed by atoms with van der Waals surface area (Å²) in [5, 5.41) is 5.06. The molecular formula is C20H22FN5O3. The van der Waals surface area contributed by atoms with E-state index in [2.05, 4.69) is 27.5 Å². The largest absolute Gasteiger partial charge is 0.342 e. The van der Waals surface area contributed by atoms with Gasteiger partial charge in [-0.25, -0.2) is 4.39 Å². The number of halogens is 1.